The van der Waals surface area contributed by atoms with Gasteiger partial charge in [-0.3, -0.25) is 4.72 Å². The van der Waals surface area contributed by atoms with Crippen molar-refractivity contribution >= 4 is 43.8 Å². The smallest absolute Gasteiger partial charge is 0.229 e. The lowest BCUT2D eigenvalue weighted by atomic mass is 10.3. The Balaban J connectivity index is 1.76. The third-order valence-electron chi connectivity index (χ3n) is 3.77. The molecule has 0 amide bonds. The molecule has 0 bridgehead atoms. The Morgan fingerprint density at radius 2 is 1.83 bits per heavy atom. The van der Waals surface area contributed by atoms with Crippen molar-refractivity contribution in [2.45, 2.75) is 19.9 Å². The van der Waals surface area contributed by atoms with Crippen LogP contribution in [-0.4, -0.2) is 47.4 Å². The summed E-state index contributed by atoms with van der Waals surface area (Å²) in [6.45, 7) is 3.80. The average Bonchev–Trinajstić information content (AvgIpc) is 3.02. The van der Waals surface area contributed by atoms with Crippen LogP contribution >= 0.6 is 11.3 Å². The quantitative estimate of drug-likeness (QED) is 0.426. The van der Waals surface area contributed by atoms with Crippen LogP contribution in [0.2, 0.25) is 0 Å². The molecule has 11 heteroatoms. The summed E-state index contributed by atoms with van der Waals surface area (Å²) < 4.78 is 25.0. The molecule has 0 fully saturated rings. The van der Waals surface area contributed by atoms with Crippen molar-refractivity contribution in [2.75, 3.05) is 28.2 Å². The second-order valence-corrected chi connectivity index (χ2v) is 9.25. The first kappa shape index (κ1) is 21.0. The number of hydrogen-bond donors (Lipinski definition) is 4. The number of nitrogens with zero attached hydrogens (tertiary/aromatic N) is 3. The summed E-state index contributed by atoms with van der Waals surface area (Å²) >= 11 is 1.46. The van der Waals surface area contributed by atoms with Gasteiger partial charge in [-0.05, 0) is 44.2 Å². The fraction of sp³-hybridized carbons (Fsp3) is 0.278. The Morgan fingerprint density at radius 1 is 1.14 bits per heavy atom. The highest BCUT2D eigenvalue weighted by Crippen LogP contribution is 2.32. The summed E-state index contributed by atoms with van der Waals surface area (Å²) in [5.74, 6) is 0.414. The summed E-state index contributed by atoms with van der Waals surface area (Å²) in [6.07, 6.45) is 2.76. The van der Waals surface area contributed by atoms with Crippen LogP contribution in [0, 0.1) is 6.92 Å². The van der Waals surface area contributed by atoms with Crippen molar-refractivity contribution in [3.05, 3.63) is 42.2 Å². The number of nitrogens with one attached hydrogen (secondary N) is 3. The van der Waals surface area contributed by atoms with E-state index in [1.807, 2.05) is 19.9 Å². The zero-order valence-corrected chi connectivity index (χ0v) is 17.8. The molecule has 9 nitrogen and oxygen atoms in total. The van der Waals surface area contributed by atoms with Gasteiger partial charge in [-0.2, -0.15) is 0 Å². The molecule has 1 unspecified atom stereocenters. The zero-order chi connectivity index (χ0) is 21.0. The fourth-order valence-electron chi connectivity index (χ4n) is 2.46. The van der Waals surface area contributed by atoms with E-state index in [-0.39, 0.29) is 12.6 Å². The van der Waals surface area contributed by atoms with Gasteiger partial charge in [0, 0.05) is 23.6 Å². The predicted molar refractivity (Wildman–Crippen MR) is 116 cm³/mol. The van der Waals surface area contributed by atoms with Gasteiger partial charge in [-0.1, -0.05) is 11.3 Å². The van der Waals surface area contributed by atoms with Crippen molar-refractivity contribution < 1.29 is 13.5 Å². The lowest BCUT2D eigenvalue weighted by Crippen LogP contribution is -2.18. The number of aliphatic hydroxyl groups excluding tert-OH is 1. The minimum Gasteiger partial charge on any atom is -0.394 e. The third-order valence-corrected chi connectivity index (χ3v) is 5.49. The molecule has 3 rings (SSSR count). The molecule has 0 saturated heterocycles. The van der Waals surface area contributed by atoms with Gasteiger partial charge in [0.05, 0.1) is 29.1 Å². The van der Waals surface area contributed by atoms with E-state index in [9.17, 15) is 13.5 Å². The zero-order valence-electron chi connectivity index (χ0n) is 16.2. The average molecular weight is 435 g/mol. The molecule has 29 heavy (non-hydrogen) atoms. The molecule has 0 spiro atoms. The number of aromatic nitrogens is 3. The SMILES string of the molecule is Cc1nc(NC(C)CO)sc1-c1ccnc(Nc2ccc(NS(C)(=O)=O)cc2)n1. The number of rotatable bonds is 8. The van der Waals surface area contributed by atoms with E-state index in [1.165, 1.54) is 11.3 Å². The molecule has 154 valence electrons. The van der Waals surface area contributed by atoms with Crippen molar-refractivity contribution in [3.8, 4) is 10.6 Å². The molecule has 1 aromatic carbocycles. The summed E-state index contributed by atoms with van der Waals surface area (Å²) in [6, 6.07) is 8.50. The molecular formula is C18H22N6O3S2. The Hall–Kier alpha value is -2.76. The molecule has 0 aliphatic heterocycles. The maximum Gasteiger partial charge on any atom is 0.229 e. The van der Waals surface area contributed by atoms with E-state index in [2.05, 4.69) is 30.3 Å². The molecule has 2 heterocycles. The normalized spacial score (nSPS) is 12.4. The molecule has 0 aliphatic carbocycles. The molecule has 0 aliphatic rings. The standard InChI is InChI=1S/C18H22N6O3S2/c1-11(10-25)20-18-21-12(2)16(28-18)15-8-9-19-17(23-15)22-13-4-6-14(7-5-13)24-29(3,26)27/h4-9,11,24-25H,10H2,1-3H3,(H,20,21)(H,19,22,23). The van der Waals surface area contributed by atoms with E-state index < -0.39 is 10.0 Å². The van der Waals surface area contributed by atoms with Crippen LogP contribution in [-0.2, 0) is 10.0 Å². The van der Waals surface area contributed by atoms with Gasteiger partial charge < -0.3 is 15.7 Å². The van der Waals surface area contributed by atoms with E-state index in [0.29, 0.717) is 11.6 Å². The van der Waals surface area contributed by atoms with Crippen molar-refractivity contribution in [1.82, 2.24) is 15.0 Å². The Labute approximate surface area is 173 Å². The monoisotopic (exact) mass is 434 g/mol. The predicted octanol–water partition coefficient (Wildman–Crippen LogP) is 2.82. The summed E-state index contributed by atoms with van der Waals surface area (Å²) in [7, 11) is -3.32. The number of sulfonamides is 1. The Kier molecular flexibility index (Phi) is 6.30. The van der Waals surface area contributed by atoms with Gasteiger partial charge in [-0.15, -0.1) is 0 Å². The van der Waals surface area contributed by atoms with Crippen LogP contribution in [0.1, 0.15) is 12.6 Å². The highest BCUT2D eigenvalue weighted by molar-refractivity contribution is 7.92. The van der Waals surface area contributed by atoms with Crippen molar-refractivity contribution in [3.63, 3.8) is 0 Å². The van der Waals surface area contributed by atoms with Gasteiger partial charge in [0.15, 0.2) is 5.13 Å². The number of anilines is 4. The molecule has 2 aromatic heterocycles. The van der Waals surface area contributed by atoms with Crippen molar-refractivity contribution in [2.24, 2.45) is 0 Å². The molecule has 1 atom stereocenters. The van der Waals surface area contributed by atoms with Crippen LogP contribution in [0.25, 0.3) is 10.6 Å². The van der Waals surface area contributed by atoms with E-state index in [1.54, 1.807) is 30.5 Å². The first-order chi connectivity index (χ1) is 13.7. The van der Waals surface area contributed by atoms with Gasteiger partial charge in [0.1, 0.15) is 0 Å². The molecule has 4 N–H and O–H groups in total. The number of aliphatic hydroxyl groups is 1. The highest BCUT2D eigenvalue weighted by Gasteiger charge is 2.13. The number of thiazole rings is 1. The molecular weight excluding hydrogens is 412 g/mol. The first-order valence-corrected chi connectivity index (χ1v) is 11.5. The maximum absolute atomic E-state index is 11.3. The van der Waals surface area contributed by atoms with Crippen LogP contribution in [0.3, 0.4) is 0 Å². The fourth-order valence-corrected chi connectivity index (χ4v) is 4.07. The summed E-state index contributed by atoms with van der Waals surface area (Å²) in [5, 5.41) is 16.2. The minimum absolute atomic E-state index is 0.0219. The van der Waals surface area contributed by atoms with Crippen LogP contribution in [0.5, 0.6) is 0 Å². The summed E-state index contributed by atoms with van der Waals surface area (Å²) in [5.41, 5.74) is 2.77. The second-order valence-electron chi connectivity index (χ2n) is 6.50. The van der Waals surface area contributed by atoms with Gasteiger partial charge in [0.25, 0.3) is 0 Å². The lowest BCUT2D eigenvalue weighted by Gasteiger charge is -2.08. The Bertz CT molecular complexity index is 1080. The largest absolute Gasteiger partial charge is 0.394 e. The van der Waals surface area contributed by atoms with Crippen LogP contribution < -0.4 is 15.4 Å². The lowest BCUT2D eigenvalue weighted by molar-refractivity contribution is 0.281. The van der Waals surface area contributed by atoms with Crippen LogP contribution in [0.4, 0.5) is 22.5 Å². The molecule has 0 radical (unpaired) electrons. The highest BCUT2D eigenvalue weighted by atomic mass is 32.2. The Morgan fingerprint density at radius 3 is 2.48 bits per heavy atom. The molecule has 3 aromatic rings. The van der Waals surface area contributed by atoms with Crippen LogP contribution in [0.15, 0.2) is 36.5 Å². The van der Waals surface area contributed by atoms with Gasteiger partial charge >= 0.3 is 0 Å². The van der Waals surface area contributed by atoms with E-state index >= 15 is 0 Å². The number of aryl methyl sites for hydroxylation is 1. The third kappa shape index (κ3) is 5.86. The van der Waals surface area contributed by atoms with Gasteiger partial charge in [0.2, 0.25) is 16.0 Å². The van der Waals surface area contributed by atoms with Gasteiger partial charge in [-0.25, -0.2) is 23.4 Å². The van der Waals surface area contributed by atoms with Crippen molar-refractivity contribution in [1.29, 1.82) is 0 Å². The topological polar surface area (TPSA) is 129 Å². The maximum atomic E-state index is 11.3. The minimum atomic E-state index is -3.32. The second kappa shape index (κ2) is 8.72. The molecule has 0 saturated carbocycles. The van der Waals surface area contributed by atoms with E-state index in [4.69, 9.17) is 0 Å². The summed E-state index contributed by atoms with van der Waals surface area (Å²) in [4.78, 5) is 14.2. The first-order valence-electron chi connectivity index (χ1n) is 8.76. The van der Waals surface area contributed by atoms with E-state index in [0.717, 1.165) is 33.3 Å². The number of benzene rings is 1. The number of hydrogen-bond acceptors (Lipinski definition) is 9.